The molecule has 0 aliphatic carbocycles. The maximum absolute atomic E-state index is 13.5. The van der Waals surface area contributed by atoms with Crippen molar-refractivity contribution in [2.24, 2.45) is 0 Å². The van der Waals surface area contributed by atoms with Crippen molar-refractivity contribution in [1.29, 1.82) is 0 Å². The highest BCUT2D eigenvalue weighted by molar-refractivity contribution is 7.89. The number of methoxy groups -OCH3 is 2. The second kappa shape index (κ2) is 9.11. The molecule has 8 heteroatoms. The summed E-state index contributed by atoms with van der Waals surface area (Å²) in [6.45, 7) is 6.34. The normalized spacial score (nSPS) is 12.2. The smallest absolute Gasteiger partial charge is 0.262 e. The first kappa shape index (κ1) is 22.8. The molecule has 0 N–H and O–H groups in total. The van der Waals surface area contributed by atoms with Gasteiger partial charge in [-0.15, -0.1) is 0 Å². The van der Waals surface area contributed by atoms with Crippen molar-refractivity contribution in [2.45, 2.75) is 44.4 Å². The van der Waals surface area contributed by atoms with Gasteiger partial charge in [-0.3, -0.25) is 4.68 Å². The minimum Gasteiger partial charge on any atom is -0.497 e. The SMILES string of the molecule is COc1ccc(CN(Cc2ccc(OC)cc2)S(=O)(=O)c2ccn(C(C)(C)C)n2)cc1. The van der Waals surface area contributed by atoms with Crippen LogP contribution in [-0.4, -0.2) is 36.7 Å². The standard InChI is InChI=1S/C23H29N3O4S/c1-23(2,3)26-15-14-22(24-26)31(27,28)25(16-18-6-10-20(29-4)11-7-18)17-19-8-12-21(30-5)13-9-19/h6-15H,16-17H2,1-5H3. The predicted molar refractivity (Wildman–Crippen MR) is 120 cm³/mol. The van der Waals surface area contributed by atoms with Crippen LogP contribution >= 0.6 is 0 Å². The van der Waals surface area contributed by atoms with Crippen molar-refractivity contribution >= 4 is 10.0 Å². The van der Waals surface area contributed by atoms with Crippen LogP contribution in [0.1, 0.15) is 31.9 Å². The summed E-state index contributed by atoms with van der Waals surface area (Å²) in [5.74, 6) is 1.44. The van der Waals surface area contributed by atoms with Crippen molar-refractivity contribution in [3.63, 3.8) is 0 Å². The summed E-state index contributed by atoms with van der Waals surface area (Å²) in [4.78, 5) is 0. The molecule has 0 aliphatic heterocycles. The summed E-state index contributed by atoms with van der Waals surface area (Å²) in [7, 11) is -0.633. The lowest BCUT2D eigenvalue weighted by Gasteiger charge is -2.22. The lowest BCUT2D eigenvalue weighted by atomic mass is 10.1. The van der Waals surface area contributed by atoms with Crippen LogP contribution in [0.3, 0.4) is 0 Å². The van der Waals surface area contributed by atoms with Gasteiger partial charge in [-0.05, 0) is 62.2 Å². The number of hydrogen-bond donors (Lipinski definition) is 0. The van der Waals surface area contributed by atoms with Crippen molar-refractivity contribution in [1.82, 2.24) is 14.1 Å². The third-order valence-corrected chi connectivity index (χ3v) is 6.58. The minimum atomic E-state index is -3.83. The fraction of sp³-hybridized carbons (Fsp3) is 0.348. The van der Waals surface area contributed by atoms with E-state index in [9.17, 15) is 8.42 Å². The molecule has 0 saturated carbocycles. The third-order valence-electron chi connectivity index (χ3n) is 4.89. The lowest BCUT2D eigenvalue weighted by molar-refractivity contribution is 0.346. The molecule has 1 heterocycles. The van der Waals surface area contributed by atoms with Crippen molar-refractivity contribution < 1.29 is 17.9 Å². The first-order valence-electron chi connectivity index (χ1n) is 9.95. The molecule has 2 aromatic carbocycles. The quantitative estimate of drug-likeness (QED) is 0.525. The van der Waals surface area contributed by atoms with Crippen LogP contribution in [0.2, 0.25) is 0 Å². The van der Waals surface area contributed by atoms with Crippen LogP contribution in [0.15, 0.2) is 65.8 Å². The monoisotopic (exact) mass is 443 g/mol. The molecule has 0 radical (unpaired) electrons. The Balaban J connectivity index is 1.95. The van der Waals surface area contributed by atoms with Crippen molar-refractivity contribution in [2.75, 3.05) is 14.2 Å². The van der Waals surface area contributed by atoms with Gasteiger partial charge in [0.25, 0.3) is 10.0 Å². The molecular formula is C23H29N3O4S. The Bertz CT molecular complexity index is 1050. The Morgan fingerprint density at radius 2 is 1.29 bits per heavy atom. The van der Waals surface area contributed by atoms with Crippen LogP contribution in [0, 0.1) is 0 Å². The maximum Gasteiger partial charge on any atom is 0.262 e. The molecule has 0 atom stereocenters. The van der Waals surface area contributed by atoms with Gasteiger partial charge in [0.2, 0.25) is 0 Å². The number of hydrogen-bond acceptors (Lipinski definition) is 5. The average Bonchev–Trinajstić information content (AvgIpc) is 3.26. The first-order valence-corrected chi connectivity index (χ1v) is 11.4. The van der Waals surface area contributed by atoms with Gasteiger partial charge in [-0.25, -0.2) is 8.42 Å². The van der Waals surface area contributed by atoms with Gasteiger partial charge in [0.15, 0.2) is 5.03 Å². The van der Waals surface area contributed by atoms with Crippen LogP contribution < -0.4 is 9.47 Å². The number of rotatable bonds is 8. The molecule has 7 nitrogen and oxygen atoms in total. The Morgan fingerprint density at radius 1 is 0.839 bits per heavy atom. The molecule has 0 unspecified atom stereocenters. The summed E-state index contributed by atoms with van der Waals surface area (Å²) in [5, 5.41) is 4.39. The van der Waals surface area contributed by atoms with Gasteiger partial charge in [-0.1, -0.05) is 24.3 Å². The van der Waals surface area contributed by atoms with Crippen molar-refractivity contribution in [3.05, 3.63) is 71.9 Å². The number of sulfonamides is 1. The summed E-state index contributed by atoms with van der Waals surface area (Å²) in [6, 6.07) is 16.3. The van der Waals surface area contributed by atoms with Gasteiger partial charge in [-0.2, -0.15) is 9.40 Å². The molecule has 31 heavy (non-hydrogen) atoms. The van der Waals surface area contributed by atoms with Crippen LogP contribution in [0.5, 0.6) is 11.5 Å². The van der Waals surface area contributed by atoms with E-state index in [0.717, 1.165) is 22.6 Å². The van der Waals surface area contributed by atoms with Crippen LogP contribution in [-0.2, 0) is 28.7 Å². The van der Waals surface area contributed by atoms with E-state index >= 15 is 0 Å². The Labute approximate surface area is 184 Å². The van der Waals surface area contributed by atoms with Gasteiger partial charge < -0.3 is 9.47 Å². The molecule has 0 saturated heterocycles. The molecule has 0 amide bonds. The number of nitrogens with zero attached hydrogens (tertiary/aromatic N) is 3. The van der Waals surface area contributed by atoms with E-state index in [2.05, 4.69) is 5.10 Å². The van der Waals surface area contributed by atoms with E-state index in [1.54, 1.807) is 31.2 Å². The zero-order chi connectivity index (χ0) is 22.6. The highest BCUT2D eigenvalue weighted by Crippen LogP contribution is 2.24. The zero-order valence-corrected chi connectivity index (χ0v) is 19.4. The highest BCUT2D eigenvalue weighted by Gasteiger charge is 2.29. The number of aromatic nitrogens is 2. The Kier molecular flexibility index (Phi) is 6.71. The van der Waals surface area contributed by atoms with E-state index in [1.165, 1.54) is 4.31 Å². The predicted octanol–water partition coefficient (Wildman–Crippen LogP) is 4.05. The summed E-state index contributed by atoms with van der Waals surface area (Å²) in [6.07, 6.45) is 1.70. The van der Waals surface area contributed by atoms with Gasteiger partial charge in [0.1, 0.15) is 11.5 Å². The topological polar surface area (TPSA) is 73.7 Å². The summed E-state index contributed by atoms with van der Waals surface area (Å²) < 4.78 is 40.6. The summed E-state index contributed by atoms with van der Waals surface area (Å²) in [5.41, 5.74) is 1.39. The first-order chi connectivity index (χ1) is 14.6. The molecular weight excluding hydrogens is 414 g/mol. The largest absolute Gasteiger partial charge is 0.497 e. The van der Waals surface area contributed by atoms with Crippen LogP contribution in [0.4, 0.5) is 0 Å². The van der Waals surface area contributed by atoms with Gasteiger partial charge >= 0.3 is 0 Å². The molecule has 0 spiro atoms. The zero-order valence-electron chi connectivity index (χ0n) is 18.6. The fourth-order valence-corrected chi connectivity index (χ4v) is 4.37. The molecule has 0 bridgehead atoms. The van der Waals surface area contributed by atoms with Gasteiger partial charge in [0.05, 0.1) is 19.8 Å². The Morgan fingerprint density at radius 3 is 1.65 bits per heavy atom. The molecule has 166 valence electrons. The summed E-state index contributed by atoms with van der Waals surface area (Å²) >= 11 is 0. The Hall–Kier alpha value is -2.84. The maximum atomic E-state index is 13.5. The fourth-order valence-electron chi connectivity index (χ4n) is 3.05. The minimum absolute atomic E-state index is 0.0319. The molecule has 0 fully saturated rings. The molecule has 3 aromatic rings. The second-order valence-electron chi connectivity index (χ2n) is 8.24. The molecule has 1 aromatic heterocycles. The van der Waals surface area contributed by atoms with E-state index in [0.29, 0.717) is 0 Å². The van der Waals surface area contributed by atoms with Gasteiger partial charge in [0, 0.05) is 19.3 Å². The van der Waals surface area contributed by atoms with E-state index < -0.39 is 10.0 Å². The number of ether oxygens (including phenoxy) is 2. The van der Waals surface area contributed by atoms with E-state index in [1.807, 2.05) is 69.3 Å². The highest BCUT2D eigenvalue weighted by atomic mass is 32.2. The van der Waals surface area contributed by atoms with E-state index in [4.69, 9.17) is 9.47 Å². The van der Waals surface area contributed by atoms with Crippen molar-refractivity contribution in [3.8, 4) is 11.5 Å². The third kappa shape index (κ3) is 5.45. The molecule has 3 rings (SSSR count). The number of benzene rings is 2. The van der Waals surface area contributed by atoms with Crippen LogP contribution in [0.25, 0.3) is 0 Å². The lowest BCUT2D eigenvalue weighted by Crippen LogP contribution is -2.31. The second-order valence-corrected chi connectivity index (χ2v) is 10.1. The van der Waals surface area contributed by atoms with E-state index in [-0.39, 0.29) is 23.7 Å². The average molecular weight is 444 g/mol. The molecule has 0 aliphatic rings.